The number of benzene rings is 1. The summed E-state index contributed by atoms with van der Waals surface area (Å²) in [6, 6.07) is 3.98. The van der Waals surface area contributed by atoms with Crippen LogP contribution in [0, 0.1) is 19.8 Å². The molecule has 0 radical (unpaired) electrons. The highest BCUT2D eigenvalue weighted by Gasteiger charge is 2.31. The number of hydrogen-bond acceptors (Lipinski definition) is 3. The third-order valence-electron chi connectivity index (χ3n) is 3.21. The molecule has 1 amide bonds. The van der Waals surface area contributed by atoms with Crippen LogP contribution in [0.2, 0.25) is 0 Å². The Labute approximate surface area is 107 Å². The van der Waals surface area contributed by atoms with Crippen LogP contribution in [0.5, 0.6) is 0 Å². The van der Waals surface area contributed by atoms with Crippen LogP contribution in [0.4, 0.5) is 11.4 Å². The van der Waals surface area contributed by atoms with E-state index >= 15 is 0 Å². The van der Waals surface area contributed by atoms with Crippen molar-refractivity contribution in [3.63, 3.8) is 0 Å². The standard InChI is InChI=1S/C13H18N2OS/c1-8-3-9(2)13(11(14)4-8)15-6-10(7-17)5-12(15)16/h3-4,10,17H,5-7,14H2,1-2H3. The smallest absolute Gasteiger partial charge is 0.227 e. The number of nitrogens with zero attached hydrogens (tertiary/aromatic N) is 1. The quantitative estimate of drug-likeness (QED) is 0.624. The van der Waals surface area contributed by atoms with Crippen molar-refractivity contribution in [2.75, 3.05) is 22.9 Å². The summed E-state index contributed by atoms with van der Waals surface area (Å²) in [5.41, 5.74) is 9.80. The summed E-state index contributed by atoms with van der Waals surface area (Å²) in [5, 5.41) is 0. The minimum Gasteiger partial charge on any atom is -0.397 e. The van der Waals surface area contributed by atoms with E-state index in [0.29, 0.717) is 18.0 Å². The Morgan fingerprint density at radius 1 is 1.47 bits per heavy atom. The summed E-state index contributed by atoms with van der Waals surface area (Å²) in [7, 11) is 0. The second kappa shape index (κ2) is 4.61. The molecule has 1 atom stereocenters. The van der Waals surface area contributed by atoms with Gasteiger partial charge in [0.25, 0.3) is 0 Å². The number of carbonyl (C=O) groups is 1. The summed E-state index contributed by atoms with van der Waals surface area (Å²) >= 11 is 4.27. The molecule has 1 fully saturated rings. The summed E-state index contributed by atoms with van der Waals surface area (Å²) < 4.78 is 0. The molecule has 0 aliphatic carbocycles. The zero-order valence-corrected chi connectivity index (χ0v) is 11.1. The molecule has 1 aliphatic rings. The number of carbonyl (C=O) groups excluding carboxylic acids is 1. The maximum Gasteiger partial charge on any atom is 0.227 e. The average molecular weight is 250 g/mol. The first-order valence-electron chi connectivity index (χ1n) is 5.81. The van der Waals surface area contributed by atoms with Crippen molar-refractivity contribution < 1.29 is 4.79 Å². The summed E-state index contributed by atoms with van der Waals surface area (Å²) in [6.07, 6.45) is 0.580. The van der Waals surface area contributed by atoms with Gasteiger partial charge in [0.05, 0.1) is 11.4 Å². The van der Waals surface area contributed by atoms with E-state index in [1.165, 1.54) is 0 Å². The van der Waals surface area contributed by atoms with E-state index in [-0.39, 0.29) is 5.91 Å². The Kier molecular flexibility index (Phi) is 3.33. The van der Waals surface area contributed by atoms with Gasteiger partial charge in [-0.3, -0.25) is 4.79 Å². The molecule has 1 saturated heterocycles. The van der Waals surface area contributed by atoms with E-state index in [2.05, 4.69) is 18.7 Å². The van der Waals surface area contributed by atoms with E-state index in [1.807, 2.05) is 24.8 Å². The monoisotopic (exact) mass is 250 g/mol. The second-order valence-electron chi connectivity index (χ2n) is 4.78. The fourth-order valence-electron chi connectivity index (χ4n) is 2.48. The molecule has 1 unspecified atom stereocenters. The number of rotatable bonds is 2. The lowest BCUT2D eigenvalue weighted by Crippen LogP contribution is -2.26. The van der Waals surface area contributed by atoms with Crippen LogP contribution < -0.4 is 10.6 Å². The molecule has 2 rings (SSSR count). The molecule has 92 valence electrons. The van der Waals surface area contributed by atoms with E-state index < -0.39 is 0 Å². The third kappa shape index (κ3) is 2.27. The van der Waals surface area contributed by atoms with Crippen molar-refractivity contribution >= 4 is 29.9 Å². The molecule has 1 heterocycles. The molecule has 1 aromatic rings. The Morgan fingerprint density at radius 2 is 2.18 bits per heavy atom. The van der Waals surface area contributed by atoms with Crippen LogP contribution in [0.3, 0.4) is 0 Å². The fraction of sp³-hybridized carbons (Fsp3) is 0.462. The van der Waals surface area contributed by atoms with E-state index in [9.17, 15) is 4.79 Å². The molecule has 0 aromatic heterocycles. The highest BCUT2D eigenvalue weighted by atomic mass is 32.1. The van der Waals surface area contributed by atoms with Crippen LogP contribution >= 0.6 is 12.6 Å². The van der Waals surface area contributed by atoms with Crippen LogP contribution in [0.25, 0.3) is 0 Å². The minimum absolute atomic E-state index is 0.155. The summed E-state index contributed by atoms with van der Waals surface area (Å²) in [6.45, 7) is 4.74. The van der Waals surface area contributed by atoms with Gasteiger partial charge in [0.2, 0.25) is 5.91 Å². The van der Waals surface area contributed by atoms with E-state index in [4.69, 9.17) is 5.73 Å². The fourth-order valence-corrected chi connectivity index (χ4v) is 2.73. The van der Waals surface area contributed by atoms with Crippen molar-refractivity contribution in [3.05, 3.63) is 23.3 Å². The Bertz CT molecular complexity index is 436. The molecular weight excluding hydrogens is 232 g/mol. The van der Waals surface area contributed by atoms with Crippen LogP contribution in [-0.4, -0.2) is 18.2 Å². The van der Waals surface area contributed by atoms with Crippen LogP contribution in [0.1, 0.15) is 17.5 Å². The Morgan fingerprint density at radius 3 is 2.71 bits per heavy atom. The van der Waals surface area contributed by atoms with E-state index in [1.54, 1.807) is 0 Å². The van der Waals surface area contributed by atoms with Crippen LogP contribution in [-0.2, 0) is 4.79 Å². The molecular formula is C13H18N2OS. The minimum atomic E-state index is 0.155. The molecule has 1 aliphatic heterocycles. The maximum absolute atomic E-state index is 12.0. The predicted octanol–water partition coefficient (Wildman–Crippen LogP) is 2.17. The van der Waals surface area contributed by atoms with Gasteiger partial charge in [-0.2, -0.15) is 12.6 Å². The number of anilines is 2. The zero-order chi connectivity index (χ0) is 12.6. The number of hydrogen-bond donors (Lipinski definition) is 2. The first kappa shape index (κ1) is 12.3. The van der Waals surface area contributed by atoms with E-state index in [0.717, 1.165) is 29.1 Å². The third-order valence-corrected chi connectivity index (χ3v) is 3.72. The van der Waals surface area contributed by atoms with Gasteiger partial charge in [-0.15, -0.1) is 0 Å². The van der Waals surface area contributed by atoms with Gasteiger partial charge in [-0.05, 0) is 42.7 Å². The Balaban J connectivity index is 2.38. The summed E-state index contributed by atoms with van der Waals surface area (Å²) in [5.74, 6) is 1.24. The van der Waals surface area contributed by atoms with Gasteiger partial charge in [0.15, 0.2) is 0 Å². The number of amides is 1. The summed E-state index contributed by atoms with van der Waals surface area (Å²) in [4.78, 5) is 13.8. The zero-order valence-electron chi connectivity index (χ0n) is 10.2. The van der Waals surface area contributed by atoms with Gasteiger partial charge in [0.1, 0.15) is 0 Å². The largest absolute Gasteiger partial charge is 0.397 e. The Hall–Kier alpha value is -1.16. The van der Waals surface area contributed by atoms with Crippen LogP contribution in [0.15, 0.2) is 12.1 Å². The molecule has 17 heavy (non-hydrogen) atoms. The highest BCUT2D eigenvalue weighted by molar-refractivity contribution is 7.80. The molecule has 0 bridgehead atoms. The molecule has 1 aromatic carbocycles. The number of nitrogens with two attached hydrogens (primary N) is 1. The molecule has 0 spiro atoms. The van der Waals surface area contributed by atoms with Crippen molar-refractivity contribution in [2.45, 2.75) is 20.3 Å². The van der Waals surface area contributed by atoms with Crippen molar-refractivity contribution in [3.8, 4) is 0 Å². The highest BCUT2D eigenvalue weighted by Crippen LogP contribution is 2.33. The number of thiol groups is 1. The maximum atomic E-state index is 12.0. The number of aryl methyl sites for hydroxylation is 2. The first-order valence-corrected chi connectivity index (χ1v) is 6.44. The number of nitrogen functional groups attached to an aromatic ring is 1. The van der Waals surface area contributed by atoms with Crippen molar-refractivity contribution in [2.24, 2.45) is 5.92 Å². The van der Waals surface area contributed by atoms with Crippen molar-refractivity contribution in [1.82, 2.24) is 0 Å². The lowest BCUT2D eigenvalue weighted by molar-refractivity contribution is -0.117. The molecule has 3 nitrogen and oxygen atoms in total. The lowest BCUT2D eigenvalue weighted by atomic mass is 10.1. The molecule has 4 heteroatoms. The van der Waals surface area contributed by atoms with Gasteiger partial charge in [-0.1, -0.05) is 6.07 Å². The second-order valence-corrected chi connectivity index (χ2v) is 5.14. The average Bonchev–Trinajstić information content (AvgIpc) is 2.59. The van der Waals surface area contributed by atoms with Gasteiger partial charge < -0.3 is 10.6 Å². The SMILES string of the molecule is Cc1cc(C)c(N2CC(CS)CC2=O)c(N)c1. The van der Waals surface area contributed by atoms with Gasteiger partial charge >= 0.3 is 0 Å². The van der Waals surface area contributed by atoms with Crippen molar-refractivity contribution in [1.29, 1.82) is 0 Å². The topological polar surface area (TPSA) is 46.3 Å². The lowest BCUT2D eigenvalue weighted by Gasteiger charge is -2.21. The van der Waals surface area contributed by atoms with Gasteiger partial charge in [-0.25, -0.2) is 0 Å². The first-order chi connectivity index (χ1) is 8.02. The molecule has 2 N–H and O–H groups in total. The predicted molar refractivity (Wildman–Crippen MR) is 74.6 cm³/mol. The molecule has 0 saturated carbocycles. The normalized spacial score (nSPS) is 20.1. The van der Waals surface area contributed by atoms with Gasteiger partial charge in [0, 0.05) is 13.0 Å².